The first-order valence-corrected chi connectivity index (χ1v) is 4.48. The van der Waals surface area contributed by atoms with Gasteiger partial charge in [0.1, 0.15) is 0 Å². The zero-order chi connectivity index (χ0) is 8.55. The zero-order valence-corrected chi connectivity index (χ0v) is 6.95. The summed E-state index contributed by atoms with van der Waals surface area (Å²) >= 11 is -2.21. The minimum Gasteiger partial charge on any atom is -0.755 e. The van der Waals surface area contributed by atoms with Crippen molar-refractivity contribution in [3.8, 4) is 0 Å². The largest absolute Gasteiger partial charge is 0.755 e. The number of aromatic nitrogens is 1. The van der Waals surface area contributed by atoms with Gasteiger partial charge in [-0.3, -0.25) is 8.18 Å². The van der Waals surface area contributed by atoms with Crippen molar-refractivity contribution < 1.29 is 8.76 Å². The molecule has 1 aromatic heterocycles. The Hall–Kier alpha value is -1.13. The van der Waals surface area contributed by atoms with E-state index < -0.39 is 11.3 Å². The van der Waals surface area contributed by atoms with Gasteiger partial charge in [0.15, 0.2) is 0 Å². The second-order valence-corrected chi connectivity index (χ2v) is 3.25. The highest BCUT2D eigenvalue weighted by atomic mass is 32.2. The van der Waals surface area contributed by atoms with Crippen molar-refractivity contribution in [2.75, 3.05) is 0 Å². The Labute approximate surface area is 72.0 Å². The molecule has 12 heavy (non-hydrogen) atoms. The van der Waals surface area contributed by atoms with Gasteiger partial charge in [0, 0.05) is 11.6 Å². The van der Waals surface area contributed by atoms with Crippen molar-refractivity contribution in [3.63, 3.8) is 0 Å². The third-order valence-electron chi connectivity index (χ3n) is 1.72. The average molecular weight is 180 g/mol. The molecule has 2 rings (SSSR count). The quantitative estimate of drug-likeness (QED) is 0.620. The summed E-state index contributed by atoms with van der Waals surface area (Å²) in [6.45, 7) is 0. The van der Waals surface area contributed by atoms with E-state index >= 15 is 0 Å². The van der Waals surface area contributed by atoms with Gasteiger partial charge in [0.2, 0.25) is 0 Å². The summed E-state index contributed by atoms with van der Waals surface area (Å²) in [7, 11) is 0. The zero-order valence-electron chi connectivity index (χ0n) is 6.14. The summed E-state index contributed by atoms with van der Waals surface area (Å²) in [6.07, 6.45) is 1.54. The van der Waals surface area contributed by atoms with Crippen LogP contribution in [0.3, 0.4) is 0 Å². The molecule has 0 aliphatic rings. The third-order valence-corrected chi connectivity index (χ3v) is 2.36. The van der Waals surface area contributed by atoms with E-state index in [0.717, 1.165) is 5.39 Å². The molecule has 4 heteroatoms. The highest BCUT2D eigenvalue weighted by molar-refractivity contribution is 7.77. The summed E-state index contributed by atoms with van der Waals surface area (Å²) in [5.74, 6) is 0. The minimum atomic E-state index is -2.21. The van der Waals surface area contributed by atoms with Crippen molar-refractivity contribution >= 4 is 22.2 Å². The summed E-state index contributed by atoms with van der Waals surface area (Å²) < 4.78 is 22.5. The van der Waals surface area contributed by atoms with Crippen molar-refractivity contribution in [1.29, 1.82) is 0 Å². The summed E-state index contributed by atoms with van der Waals surface area (Å²) in [6, 6.07) is 9.10. The molecule has 1 unspecified atom stereocenters. The molecule has 0 saturated carbocycles. The number of hydrogen-bond donors (Lipinski definition) is 0. The van der Waals surface area contributed by atoms with E-state index in [1.54, 1.807) is 12.1 Å². The van der Waals surface area contributed by atoms with Gasteiger partial charge in [-0.15, -0.1) is 0 Å². The lowest BCUT2D eigenvalue weighted by Gasteiger charge is -2.06. The van der Waals surface area contributed by atoms with E-state index in [2.05, 4.69) is 0 Å². The van der Waals surface area contributed by atoms with Crippen molar-refractivity contribution in [3.05, 3.63) is 36.5 Å². The molecule has 0 radical (unpaired) electrons. The molecule has 1 aromatic carbocycles. The molecule has 0 aliphatic carbocycles. The molecule has 3 nitrogen and oxygen atoms in total. The lowest BCUT2D eigenvalue weighted by atomic mass is 10.3. The van der Waals surface area contributed by atoms with Gasteiger partial charge in [-0.25, -0.2) is 0 Å². The molecule has 62 valence electrons. The van der Waals surface area contributed by atoms with E-state index in [4.69, 9.17) is 0 Å². The molecule has 0 saturated heterocycles. The van der Waals surface area contributed by atoms with Crippen molar-refractivity contribution in [2.24, 2.45) is 0 Å². The molecule has 0 N–H and O–H groups in total. The molecule has 0 amide bonds. The van der Waals surface area contributed by atoms with Gasteiger partial charge in [0.05, 0.1) is 16.8 Å². The molecule has 0 aliphatic heterocycles. The van der Waals surface area contributed by atoms with Gasteiger partial charge in [-0.05, 0) is 12.1 Å². The van der Waals surface area contributed by atoms with E-state index in [9.17, 15) is 8.76 Å². The maximum absolute atomic E-state index is 10.6. The summed E-state index contributed by atoms with van der Waals surface area (Å²) in [4.78, 5) is 0. The summed E-state index contributed by atoms with van der Waals surface area (Å²) in [5.41, 5.74) is 0.714. The Bertz CT molecular complexity index is 435. The molecule has 2 aromatic rings. The van der Waals surface area contributed by atoms with Crippen LogP contribution in [0.2, 0.25) is 0 Å². The summed E-state index contributed by atoms with van der Waals surface area (Å²) in [5, 5.41) is 0.932. The molecular weight excluding hydrogens is 174 g/mol. The first-order valence-electron chi connectivity index (χ1n) is 3.45. The molecule has 0 bridgehead atoms. The monoisotopic (exact) mass is 180 g/mol. The molecule has 1 atom stereocenters. The first kappa shape index (κ1) is 7.52. The number of rotatable bonds is 1. The van der Waals surface area contributed by atoms with Gasteiger partial charge >= 0.3 is 0 Å². The number of fused-ring (bicyclic) bond motifs is 1. The van der Waals surface area contributed by atoms with Crippen LogP contribution in [-0.2, 0) is 11.3 Å². The smallest absolute Gasteiger partial charge is 0.0603 e. The normalized spacial score (nSPS) is 13.4. The van der Waals surface area contributed by atoms with E-state index in [-0.39, 0.29) is 0 Å². The van der Waals surface area contributed by atoms with Crippen LogP contribution in [0.1, 0.15) is 0 Å². The maximum atomic E-state index is 10.6. The Balaban J connectivity index is 2.79. The van der Waals surface area contributed by atoms with Crippen LogP contribution in [0.15, 0.2) is 36.5 Å². The van der Waals surface area contributed by atoms with Crippen LogP contribution in [0, 0.1) is 0 Å². The van der Waals surface area contributed by atoms with Crippen LogP contribution in [-0.4, -0.2) is 12.7 Å². The van der Waals surface area contributed by atoms with Gasteiger partial charge < -0.3 is 4.55 Å². The van der Waals surface area contributed by atoms with Gasteiger partial charge in [0.25, 0.3) is 0 Å². The van der Waals surface area contributed by atoms with Crippen LogP contribution in [0.25, 0.3) is 10.9 Å². The topological polar surface area (TPSA) is 45.1 Å². The van der Waals surface area contributed by atoms with Crippen LogP contribution >= 0.6 is 0 Å². The first-order chi connectivity index (χ1) is 5.79. The van der Waals surface area contributed by atoms with Crippen LogP contribution < -0.4 is 0 Å². The predicted octanol–water partition coefficient (Wildman–Crippen LogP) is 1.28. The fourth-order valence-electron chi connectivity index (χ4n) is 1.19. The third kappa shape index (κ3) is 1.05. The Kier molecular flexibility index (Phi) is 1.71. The molecule has 0 fully saturated rings. The number of hydrogen-bond acceptors (Lipinski definition) is 2. The fourth-order valence-corrected chi connectivity index (χ4v) is 1.67. The average Bonchev–Trinajstić information content (AvgIpc) is 2.47. The number of para-hydroxylation sites is 1. The van der Waals surface area contributed by atoms with Crippen molar-refractivity contribution in [2.45, 2.75) is 0 Å². The standard InChI is InChI=1S/C8H7NO2S/c10-12(11)9-6-5-7-3-1-2-4-8(7)9/h1-6H,(H,10,11)/p-1. The minimum absolute atomic E-state index is 0.714. The van der Waals surface area contributed by atoms with Crippen molar-refractivity contribution in [1.82, 2.24) is 3.97 Å². The Morgan fingerprint density at radius 3 is 2.75 bits per heavy atom. The maximum Gasteiger partial charge on any atom is 0.0603 e. The van der Waals surface area contributed by atoms with Gasteiger partial charge in [-0.2, -0.15) is 0 Å². The Morgan fingerprint density at radius 1 is 1.25 bits per heavy atom. The molecular formula is C8H6NO2S-. The fraction of sp³-hybridized carbons (Fsp3) is 0. The second-order valence-electron chi connectivity index (χ2n) is 2.42. The molecule has 0 spiro atoms. The lowest BCUT2D eigenvalue weighted by molar-refractivity contribution is 0.529. The number of benzene rings is 1. The van der Waals surface area contributed by atoms with E-state index in [1.807, 2.05) is 18.2 Å². The van der Waals surface area contributed by atoms with Gasteiger partial charge in [-0.1, -0.05) is 18.2 Å². The number of nitrogens with zero attached hydrogens (tertiary/aromatic N) is 1. The van der Waals surface area contributed by atoms with E-state index in [0.29, 0.717) is 5.52 Å². The molecule has 1 heterocycles. The van der Waals surface area contributed by atoms with Crippen LogP contribution in [0.4, 0.5) is 0 Å². The second kappa shape index (κ2) is 2.73. The Morgan fingerprint density at radius 2 is 2.00 bits per heavy atom. The van der Waals surface area contributed by atoms with E-state index in [1.165, 1.54) is 10.2 Å². The predicted molar refractivity (Wildman–Crippen MR) is 46.3 cm³/mol. The highest BCUT2D eigenvalue weighted by Gasteiger charge is 1.97. The lowest BCUT2D eigenvalue weighted by Crippen LogP contribution is -1.99. The SMILES string of the molecule is O=S([O-])n1ccc2ccccc21. The van der Waals surface area contributed by atoms with Crippen LogP contribution in [0.5, 0.6) is 0 Å². The highest BCUT2D eigenvalue weighted by Crippen LogP contribution is 2.14.